The maximum atomic E-state index is 14.0. The normalized spacial score (nSPS) is 15.6. The number of nitrogens with zero attached hydrogens (tertiary/aromatic N) is 6. The number of aryl methyl sites for hydroxylation is 1. The average Bonchev–Trinajstić information content (AvgIpc) is 3.33. The number of nitriles is 1. The van der Waals surface area contributed by atoms with Crippen LogP contribution in [-0.2, 0) is 10.3 Å². The van der Waals surface area contributed by atoms with Crippen LogP contribution in [0.2, 0.25) is 5.02 Å². The van der Waals surface area contributed by atoms with E-state index in [1.807, 2.05) is 20.8 Å². The molecule has 0 amide bonds. The van der Waals surface area contributed by atoms with Gasteiger partial charge in [-0.25, -0.2) is 9.67 Å². The summed E-state index contributed by atoms with van der Waals surface area (Å²) >= 11 is 6.64. The Hall–Kier alpha value is -4.02. The molecule has 0 saturated carbocycles. The van der Waals surface area contributed by atoms with Crippen LogP contribution in [0.1, 0.15) is 49.3 Å². The SMILES string of the molecule is Cc1nc(F)ccc1C(Nc1cc(Cl)c2ncc(C#N)c(NCC(C)(C)C)c2c1)c1cn(C2(C(F)(F)F)COC2)nn1. The molecule has 9 nitrogen and oxygen atoms in total. The molecular weight excluding hydrogens is 576 g/mol. The van der Waals surface area contributed by atoms with Gasteiger partial charge in [0.2, 0.25) is 11.5 Å². The minimum absolute atomic E-state index is 0.106. The van der Waals surface area contributed by atoms with E-state index in [2.05, 4.69) is 37.0 Å². The summed E-state index contributed by atoms with van der Waals surface area (Å²) < 4.78 is 61.5. The van der Waals surface area contributed by atoms with Crippen molar-refractivity contribution < 1.29 is 22.3 Å². The molecule has 4 aromatic rings. The lowest BCUT2D eigenvalue weighted by Crippen LogP contribution is -2.61. The lowest BCUT2D eigenvalue weighted by atomic mass is 9.96. The molecule has 42 heavy (non-hydrogen) atoms. The number of rotatable bonds is 7. The molecule has 14 heteroatoms. The van der Waals surface area contributed by atoms with Crippen LogP contribution in [0.5, 0.6) is 0 Å². The third kappa shape index (κ3) is 5.44. The van der Waals surface area contributed by atoms with Crippen molar-refractivity contribution in [1.29, 1.82) is 5.26 Å². The predicted molar refractivity (Wildman–Crippen MR) is 149 cm³/mol. The van der Waals surface area contributed by atoms with E-state index in [-0.39, 0.29) is 16.1 Å². The van der Waals surface area contributed by atoms with Crippen molar-refractivity contribution >= 4 is 33.9 Å². The van der Waals surface area contributed by atoms with Crippen molar-refractivity contribution in [1.82, 2.24) is 25.0 Å². The Labute approximate surface area is 243 Å². The molecule has 1 fully saturated rings. The highest BCUT2D eigenvalue weighted by Gasteiger charge is 2.62. The predicted octanol–water partition coefficient (Wildman–Crippen LogP) is 6.14. The number of hydrogen-bond donors (Lipinski definition) is 2. The molecule has 1 aliphatic heterocycles. The van der Waals surface area contributed by atoms with Gasteiger partial charge in [-0.2, -0.15) is 22.8 Å². The van der Waals surface area contributed by atoms with Crippen LogP contribution in [0.15, 0.2) is 36.7 Å². The Bertz CT molecular complexity index is 1690. The van der Waals surface area contributed by atoms with Crippen molar-refractivity contribution in [3.05, 3.63) is 70.1 Å². The largest absolute Gasteiger partial charge is 0.418 e. The van der Waals surface area contributed by atoms with E-state index in [0.717, 1.165) is 10.7 Å². The van der Waals surface area contributed by atoms with E-state index in [1.54, 1.807) is 19.1 Å². The summed E-state index contributed by atoms with van der Waals surface area (Å²) in [6, 6.07) is 7.24. The van der Waals surface area contributed by atoms with Crippen molar-refractivity contribution in [3.8, 4) is 6.07 Å². The van der Waals surface area contributed by atoms with Gasteiger partial charge in [0.1, 0.15) is 11.8 Å². The van der Waals surface area contributed by atoms with Gasteiger partial charge in [0, 0.05) is 35.1 Å². The molecule has 3 aromatic heterocycles. The van der Waals surface area contributed by atoms with Crippen LogP contribution >= 0.6 is 11.6 Å². The number of pyridine rings is 2. The molecule has 5 rings (SSSR count). The lowest BCUT2D eigenvalue weighted by Gasteiger charge is -2.41. The van der Waals surface area contributed by atoms with Gasteiger partial charge in [0.25, 0.3) is 0 Å². The Morgan fingerprint density at radius 1 is 1.21 bits per heavy atom. The zero-order chi connectivity index (χ0) is 30.4. The Morgan fingerprint density at radius 2 is 1.95 bits per heavy atom. The molecule has 0 spiro atoms. The summed E-state index contributed by atoms with van der Waals surface area (Å²) in [4.78, 5) is 8.26. The number of aromatic nitrogens is 5. The number of alkyl halides is 3. The van der Waals surface area contributed by atoms with Crippen molar-refractivity contribution in [2.45, 2.75) is 45.5 Å². The van der Waals surface area contributed by atoms with Gasteiger partial charge in [-0.3, -0.25) is 4.98 Å². The molecule has 1 aromatic carbocycles. The topological polar surface area (TPSA) is 114 Å². The molecule has 1 atom stereocenters. The minimum atomic E-state index is -4.62. The minimum Gasteiger partial charge on any atom is -0.383 e. The first-order valence-electron chi connectivity index (χ1n) is 13.0. The highest BCUT2D eigenvalue weighted by atomic mass is 35.5. The maximum Gasteiger partial charge on any atom is 0.418 e. The molecule has 1 aliphatic rings. The molecule has 1 unspecified atom stereocenters. The molecule has 2 N–H and O–H groups in total. The molecular formula is C28H27ClF4N8O. The van der Waals surface area contributed by atoms with Crippen LogP contribution < -0.4 is 10.6 Å². The van der Waals surface area contributed by atoms with Crippen LogP contribution in [0.3, 0.4) is 0 Å². The lowest BCUT2D eigenvalue weighted by molar-refractivity contribution is -0.294. The quantitative estimate of drug-likeness (QED) is 0.192. The Morgan fingerprint density at radius 3 is 2.55 bits per heavy atom. The maximum absolute atomic E-state index is 14.0. The van der Waals surface area contributed by atoms with E-state index >= 15 is 0 Å². The monoisotopic (exact) mass is 602 g/mol. The van der Waals surface area contributed by atoms with E-state index in [9.17, 15) is 22.8 Å². The van der Waals surface area contributed by atoms with Gasteiger partial charge < -0.3 is 15.4 Å². The second-order valence-electron chi connectivity index (χ2n) is 11.4. The molecule has 1 saturated heterocycles. The van der Waals surface area contributed by atoms with Gasteiger partial charge in [0.15, 0.2) is 0 Å². The van der Waals surface area contributed by atoms with Crippen LogP contribution in [0, 0.1) is 29.6 Å². The van der Waals surface area contributed by atoms with Crippen LogP contribution in [0.25, 0.3) is 10.9 Å². The molecule has 0 aliphatic carbocycles. The molecule has 0 bridgehead atoms. The van der Waals surface area contributed by atoms with Gasteiger partial charge in [0.05, 0.1) is 47.2 Å². The fraction of sp³-hybridized carbons (Fsp3) is 0.393. The standard InChI is InChI=1S/C28H27ClF4N8O/c1-15-18(5-6-22(30)37-15)25(21-11-41(40-39-21)27(13-42-14-27)28(31,32)33)38-17-7-19-23(36-12-26(2,3)4)16(9-34)10-35-24(19)20(29)8-17/h5-8,10-11,25,38H,12-14H2,1-4H3,(H,35,36). The van der Waals surface area contributed by atoms with E-state index in [4.69, 9.17) is 16.3 Å². The van der Waals surface area contributed by atoms with Crippen LogP contribution in [-0.4, -0.2) is 50.9 Å². The summed E-state index contributed by atoms with van der Waals surface area (Å²) in [5, 5.41) is 25.1. The first kappa shape index (κ1) is 29.5. The van der Waals surface area contributed by atoms with Gasteiger partial charge in [-0.1, -0.05) is 43.7 Å². The average molecular weight is 603 g/mol. The van der Waals surface area contributed by atoms with Crippen LogP contribution in [0.4, 0.5) is 28.9 Å². The first-order valence-corrected chi connectivity index (χ1v) is 13.3. The van der Waals surface area contributed by atoms with Gasteiger partial charge >= 0.3 is 6.18 Å². The summed E-state index contributed by atoms with van der Waals surface area (Å²) in [6.07, 6.45) is -1.98. The zero-order valence-corrected chi connectivity index (χ0v) is 23.9. The zero-order valence-electron chi connectivity index (χ0n) is 23.1. The highest BCUT2D eigenvalue weighted by molar-refractivity contribution is 6.35. The van der Waals surface area contributed by atoms with E-state index < -0.39 is 36.9 Å². The molecule has 220 valence electrons. The fourth-order valence-electron chi connectivity index (χ4n) is 4.64. The third-order valence-electron chi connectivity index (χ3n) is 7.01. The summed E-state index contributed by atoms with van der Waals surface area (Å²) in [7, 11) is 0. The first-order chi connectivity index (χ1) is 19.7. The number of hydrogen-bond acceptors (Lipinski definition) is 8. The van der Waals surface area contributed by atoms with Gasteiger partial charge in [-0.05, 0) is 30.5 Å². The summed E-state index contributed by atoms with van der Waals surface area (Å²) in [5.41, 5.74) is 0.214. The van der Waals surface area contributed by atoms with Crippen molar-refractivity contribution in [2.24, 2.45) is 5.41 Å². The smallest absolute Gasteiger partial charge is 0.383 e. The second kappa shape index (κ2) is 10.7. The number of benzene rings is 1. The molecule has 4 heterocycles. The van der Waals surface area contributed by atoms with E-state index in [0.29, 0.717) is 45.6 Å². The number of ether oxygens (including phenoxy) is 1. The highest BCUT2D eigenvalue weighted by Crippen LogP contribution is 2.43. The molecule has 0 radical (unpaired) electrons. The third-order valence-corrected chi connectivity index (χ3v) is 7.30. The summed E-state index contributed by atoms with van der Waals surface area (Å²) in [6.45, 7) is 7.09. The van der Waals surface area contributed by atoms with Crippen molar-refractivity contribution in [2.75, 3.05) is 30.4 Å². The number of fused-ring (bicyclic) bond motifs is 1. The summed E-state index contributed by atoms with van der Waals surface area (Å²) in [5.74, 6) is -0.709. The fourth-order valence-corrected chi connectivity index (χ4v) is 4.90. The van der Waals surface area contributed by atoms with Crippen molar-refractivity contribution in [3.63, 3.8) is 0 Å². The number of anilines is 2. The number of halogens is 5. The Kier molecular flexibility index (Phi) is 7.49. The number of nitrogens with one attached hydrogen (secondary N) is 2. The Balaban J connectivity index is 1.61. The van der Waals surface area contributed by atoms with E-state index in [1.165, 1.54) is 18.5 Å². The second-order valence-corrected chi connectivity index (χ2v) is 11.8. The van der Waals surface area contributed by atoms with Gasteiger partial charge in [-0.15, -0.1) is 5.10 Å².